The maximum atomic E-state index is 12.5. The molecule has 0 aliphatic rings. The lowest BCUT2D eigenvalue weighted by atomic mass is 9.87. The monoisotopic (exact) mass is 352 g/mol. The first-order chi connectivity index (χ1) is 10.9. The Morgan fingerprint density at radius 3 is 2.12 bits per heavy atom. The maximum absolute atomic E-state index is 12.5. The van der Waals surface area contributed by atoms with Crippen LogP contribution in [0.1, 0.15) is 60.3 Å². The van der Waals surface area contributed by atoms with Crippen LogP contribution in [0.2, 0.25) is 0 Å². The molecule has 2 amide bonds. The summed E-state index contributed by atoms with van der Waals surface area (Å²) in [5.41, 5.74) is -0.501. The molecule has 142 valence electrons. The van der Waals surface area contributed by atoms with Crippen molar-refractivity contribution in [1.82, 2.24) is 10.2 Å². The van der Waals surface area contributed by atoms with Gasteiger partial charge in [0.25, 0.3) is 0 Å². The standard InChI is InChI=1S/C17H31F3N2O2/c1-7-9-16(4,5)15(24)21-11-12(3)22(6)14(23)13(8-2)10-17(18,19)20/h12-13H,7-11H2,1-6H3,(H,21,24). The van der Waals surface area contributed by atoms with Gasteiger partial charge in [-0.05, 0) is 19.8 Å². The number of hydrogen-bond acceptors (Lipinski definition) is 2. The predicted molar refractivity (Wildman–Crippen MR) is 88.4 cm³/mol. The van der Waals surface area contributed by atoms with Crippen LogP contribution in [0.4, 0.5) is 13.2 Å². The zero-order valence-corrected chi connectivity index (χ0v) is 15.6. The number of halogens is 3. The summed E-state index contributed by atoms with van der Waals surface area (Å²) in [6, 6.07) is -0.374. The highest BCUT2D eigenvalue weighted by molar-refractivity contribution is 5.82. The first-order valence-corrected chi connectivity index (χ1v) is 8.47. The lowest BCUT2D eigenvalue weighted by molar-refractivity contribution is -0.160. The minimum atomic E-state index is -4.36. The van der Waals surface area contributed by atoms with Crippen molar-refractivity contribution in [3.63, 3.8) is 0 Å². The van der Waals surface area contributed by atoms with Crippen molar-refractivity contribution in [3.8, 4) is 0 Å². The smallest absolute Gasteiger partial charge is 0.354 e. The minimum Gasteiger partial charge on any atom is -0.354 e. The third-order valence-electron chi connectivity index (χ3n) is 4.38. The molecule has 0 bridgehead atoms. The van der Waals surface area contributed by atoms with Crippen LogP contribution in [0, 0.1) is 11.3 Å². The van der Waals surface area contributed by atoms with Crippen LogP contribution in [-0.4, -0.2) is 42.5 Å². The molecule has 24 heavy (non-hydrogen) atoms. The first kappa shape index (κ1) is 22.7. The van der Waals surface area contributed by atoms with Crippen molar-refractivity contribution >= 4 is 11.8 Å². The fourth-order valence-electron chi connectivity index (χ4n) is 2.55. The van der Waals surface area contributed by atoms with E-state index in [0.29, 0.717) is 0 Å². The molecule has 0 rings (SSSR count). The third-order valence-corrected chi connectivity index (χ3v) is 4.38. The highest BCUT2D eigenvalue weighted by Crippen LogP contribution is 2.28. The highest BCUT2D eigenvalue weighted by atomic mass is 19.4. The van der Waals surface area contributed by atoms with Gasteiger partial charge in [-0.1, -0.05) is 34.1 Å². The Hall–Kier alpha value is -1.27. The molecule has 0 saturated heterocycles. The number of amides is 2. The van der Waals surface area contributed by atoms with Crippen LogP contribution < -0.4 is 5.32 Å². The zero-order valence-electron chi connectivity index (χ0n) is 15.6. The number of carbonyl (C=O) groups excluding carboxylic acids is 2. The largest absolute Gasteiger partial charge is 0.389 e. The van der Waals surface area contributed by atoms with Gasteiger partial charge in [-0.3, -0.25) is 9.59 Å². The topological polar surface area (TPSA) is 49.4 Å². The highest BCUT2D eigenvalue weighted by Gasteiger charge is 2.36. The summed E-state index contributed by atoms with van der Waals surface area (Å²) >= 11 is 0. The Bertz CT molecular complexity index is 423. The summed E-state index contributed by atoms with van der Waals surface area (Å²) in [5, 5.41) is 2.79. The Morgan fingerprint density at radius 2 is 1.71 bits per heavy atom. The summed E-state index contributed by atoms with van der Waals surface area (Å²) in [7, 11) is 1.48. The fourth-order valence-corrected chi connectivity index (χ4v) is 2.55. The van der Waals surface area contributed by atoms with Crippen LogP contribution in [-0.2, 0) is 9.59 Å². The molecule has 0 heterocycles. The second-order valence-electron chi connectivity index (χ2n) is 7.07. The van der Waals surface area contributed by atoms with Gasteiger partial charge in [-0.15, -0.1) is 0 Å². The van der Waals surface area contributed by atoms with Crippen molar-refractivity contribution in [2.24, 2.45) is 11.3 Å². The molecule has 0 spiro atoms. The molecule has 1 N–H and O–H groups in total. The molecular weight excluding hydrogens is 321 g/mol. The Morgan fingerprint density at radius 1 is 1.17 bits per heavy atom. The van der Waals surface area contributed by atoms with Gasteiger partial charge in [-0.25, -0.2) is 0 Å². The van der Waals surface area contributed by atoms with Crippen molar-refractivity contribution < 1.29 is 22.8 Å². The lowest BCUT2D eigenvalue weighted by Gasteiger charge is -2.30. The molecule has 0 fully saturated rings. The molecule has 0 radical (unpaired) electrons. The van der Waals surface area contributed by atoms with Gasteiger partial charge in [0, 0.05) is 31.0 Å². The number of rotatable bonds is 9. The van der Waals surface area contributed by atoms with E-state index in [4.69, 9.17) is 0 Å². The number of nitrogens with one attached hydrogen (secondary N) is 1. The molecule has 7 heteroatoms. The first-order valence-electron chi connectivity index (χ1n) is 8.47. The van der Waals surface area contributed by atoms with Gasteiger partial charge in [0.15, 0.2) is 0 Å². The summed E-state index contributed by atoms with van der Waals surface area (Å²) in [5.74, 6) is -1.73. The molecule has 0 saturated carbocycles. The number of likely N-dealkylation sites (N-methyl/N-ethyl adjacent to an activating group) is 1. The molecule has 0 aliphatic heterocycles. The van der Waals surface area contributed by atoms with Gasteiger partial charge in [0.05, 0.1) is 6.42 Å². The quantitative estimate of drug-likeness (QED) is 0.687. The number of alkyl halides is 3. The van der Waals surface area contributed by atoms with Gasteiger partial charge >= 0.3 is 6.18 Å². The van der Waals surface area contributed by atoms with Crippen molar-refractivity contribution in [2.45, 2.75) is 72.5 Å². The van der Waals surface area contributed by atoms with Crippen molar-refractivity contribution in [1.29, 1.82) is 0 Å². The molecule has 2 unspecified atom stereocenters. The summed E-state index contributed by atoms with van der Waals surface area (Å²) < 4.78 is 37.6. The van der Waals surface area contributed by atoms with Gasteiger partial charge in [0.2, 0.25) is 11.8 Å². The van der Waals surface area contributed by atoms with Crippen LogP contribution in [0.3, 0.4) is 0 Å². The van der Waals surface area contributed by atoms with E-state index < -0.39 is 29.8 Å². The Labute approximate surface area is 143 Å². The van der Waals surface area contributed by atoms with Gasteiger partial charge in [-0.2, -0.15) is 13.2 Å². The normalized spacial score (nSPS) is 14.9. The van der Waals surface area contributed by atoms with E-state index in [1.807, 2.05) is 20.8 Å². The predicted octanol–water partition coefficient (Wildman–Crippen LogP) is 3.75. The van der Waals surface area contributed by atoms with E-state index in [9.17, 15) is 22.8 Å². The minimum absolute atomic E-state index is 0.112. The molecule has 0 aromatic rings. The molecule has 0 aromatic carbocycles. The second kappa shape index (κ2) is 9.28. The average Bonchev–Trinajstić information content (AvgIpc) is 2.47. The van der Waals surface area contributed by atoms with E-state index >= 15 is 0 Å². The van der Waals surface area contributed by atoms with Gasteiger partial charge < -0.3 is 10.2 Å². The van der Waals surface area contributed by atoms with Crippen LogP contribution in [0.25, 0.3) is 0 Å². The molecule has 4 nitrogen and oxygen atoms in total. The fraction of sp³-hybridized carbons (Fsp3) is 0.882. The van der Waals surface area contributed by atoms with E-state index in [0.717, 1.165) is 12.8 Å². The van der Waals surface area contributed by atoms with Crippen LogP contribution in [0.5, 0.6) is 0 Å². The molecular formula is C17H31F3N2O2. The summed E-state index contributed by atoms with van der Waals surface area (Å²) in [6.07, 6.45) is -3.73. The van der Waals surface area contributed by atoms with E-state index in [1.54, 1.807) is 13.8 Å². The number of nitrogens with zero attached hydrogens (tertiary/aromatic N) is 1. The average molecular weight is 352 g/mol. The van der Waals surface area contributed by atoms with E-state index in [2.05, 4.69) is 5.32 Å². The van der Waals surface area contributed by atoms with Crippen molar-refractivity contribution in [3.05, 3.63) is 0 Å². The Balaban J connectivity index is 4.67. The van der Waals surface area contributed by atoms with Crippen molar-refractivity contribution in [2.75, 3.05) is 13.6 Å². The lowest BCUT2D eigenvalue weighted by Crippen LogP contribution is -2.48. The Kier molecular flexibility index (Phi) is 8.78. The summed E-state index contributed by atoms with van der Waals surface area (Å²) in [6.45, 7) is 9.20. The second-order valence-corrected chi connectivity index (χ2v) is 7.07. The molecule has 0 aromatic heterocycles. The number of carbonyl (C=O) groups is 2. The zero-order chi connectivity index (χ0) is 19.1. The van der Waals surface area contributed by atoms with Gasteiger partial charge in [0.1, 0.15) is 0 Å². The maximum Gasteiger partial charge on any atom is 0.389 e. The van der Waals surface area contributed by atoms with Crippen LogP contribution in [0.15, 0.2) is 0 Å². The number of hydrogen-bond donors (Lipinski definition) is 1. The van der Waals surface area contributed by atoms with Crippen LogP contribution >= 0.6 is 0 Å². The molecule has 2 atom stereocenters. The summed E-state index contributed by atoms with van der Waals surface area (Å²) in [4.78, 5) is 25.7. The van der Waals surface area contributed by atoms with E-state index in [-0.39, 0.29) is 24.9 Å². The third kappa shape index (κ3) is 7.53. The SMILES string of the molecule is CCCC(C)(C)C(=O)NCC(C)N(C)C(=O)C(CC)CC(F)(F)F. The molecule has 0 aliphatic carbocycles. The van der Waals surface area contributed by atoms with E-state index in [1.165, 1.54) is 11.9 Å².